The molecule has 160 valence electrons. The molecule has 8 nitrogen and oxygen atoms in total. The SMILES string of the molecule is Cn1cnc(C(=O)N2CCC3(CC2)CC(CCNC(=O)c2ccncc2)CCO3)c1. The number of imidazole rings is 1. The van der Waals surface area contributed by atoms with Crippen molar-refractivity contribution >= 4 is 11.8 Å². The van der Waals surface area contributed by atoms with Gasteiger partial charge in [-0.1, -0.05) is 0 Å². The zero-order valence-corrected chi connectivity index (χ0v) is 17.4. The van der Waals surface area contributed by atoms with Gasteiger partial charge in [0.1, 0.15) is 5.69 Å². The fourth-order valence-electron chi connectivity index (χ4n) is 4.52. The van der Waals surface area contributed by atoms with Crippen LogP contribution in [-0.4, -0.2) is 63.1 Å². The normalized spacial score (nSPS) is 20.8. The number of piperidine rings is 1. The Labute approximate surface area is 176 Å². The first kappa shape index (κ1) is 20.5. The summed E-state index contributed by atoms with van der Waals surface area (Å²) in [6.45, 7) is 2.80. The lowest BCUT2D eigenvalue weighted by molar-refractivity contribution is -0.124. The average Bonchev–Trinajstić information content (AvgIpc) is 3.21. The second kappa shape index (κ2) is 8.95. The molecule has 0 saturated carbocycles. The Hall–Kier alpha value is -2.74. The molecule has 2 aromatic heterocycles. The Morgan fingerprint density at radius 2 is 2.03 bits per heavy atom. The average molecular weight is 412 g/mol. The number of carbonyl (C=O) groups is 2. The minimum Gasteiger partial charge on any atom is -0.375 e. The van der Waals surface area contributed by atoms with Crippen LogP contribution in [0.15, 0.2) is 37.1 Å². The Balaban J connectivity index is 1.25. The van der Waals surface area contributed by atoms with Gasteiger partial charge in [-0.05, 0) is 50.2 Å². The Morgan fingerprint density at radius 3 is 2.73 bits per heavy atom. The van der Waals surface area contributed by atoms with Crippen LogP contribution in [0.25, 0.3) is 0 Å². The lowest BCUT2D eigenvalue weighted by Gasteiger charge is -2.46. The zero-order valence-electron chi connectivity index (χ0n) is 17.4. The highest BCUT2D eigenvalue weighted by atomic mass is 16.5. The topological polar surface area (TPSA) is 89.4 Å². The molecule has 1 unspecified atom stereocenters. The van der Waals surface area contributed by atoms with E-state index in [1.54, 1.807) is 41.6 Å². The molecule has 0 aromatic carbocycles. The van der Waals surface area contributed by atoms with Crippen LogP contribution >= 0.6 is 0 Å². The van der Waals surface area contributed by atoms with Crippen molar-refractivity contribution in [2.75, 3.05) is 26.2 Å². The number of carbonyl (C=O) groups excluding carboxylic acids is 2. The van der Waals surface area contributed by atoms with Gasteiger partial charge in [0.25, 0.3) is 11.8 Å². The first-order valence-electron chi connectivity index (χ1n) is 10.6. The Kier molecular flexibility index (Phi) is 6.13. The summed E-state index contributed by atoms with van der Waals surface area (Å²) in [5.41, 5.74) is 0.998. The van der Waals surface area contributed by atoms with E-state index in [0.717, 1.165) is 38.7 Å². The van der Waals surface area contributed by atoms with Crippen molar-refractivity contribution in [1.82, 2.24) is 24.8 Å². The van der Waals surface area contributed by atoms with E-state index >= 15 is 0 Å². The van der Waals surface area contributed by atoms with E-state index in [0.29, 0.717) is 36.8 Å². The number of nitrogens with zero attached hydrogens (tertiary/aromatic N) is 4. The van der Waals surface area contributed by atoms with E-state index in [4.69, 9.17) is 4.74 Å². The standard InChI is InChI=1S/C22H29N5O3/c1-26-15-19(25-16-26)21(29)27-11-6-22(7-12-27)14-17(5-13-30-22)2-10-24-20(28)18-3-8-23-9-4-18/h3-4,8-9,15-17H,2,5-7,10-14H2,1H3,(H,24,28). The quantitative estimate of drug-likeness (QED) is 0.813. The van der Waals surface area contributed by atoms with Crippen molar-refractivity contribution in [2.24, 2.45) is 13.0 Å². The van der Waals surface area contributed by atoms with Crippen LogP contribution in [0.4, 0.5) is 0 Å². The summed E-state index contributed by atoms with van der Waals surface area (Å²) in [6, 6.07) is 3.44. The van der Waals surface area contributed by atoms with Gasteiger partial charge >= 0.3 is 0 Å². The zero-order chi connectivity index (χ0) is 21.0. The van der Waals surface area contributed by atoms with Gasteiger partial charge in [0, 0.05) is 57.4 Å². The largest absolute Gasteiger partial charge is 0.375 e. The van der Waals surface area contributed by atoms with Crippen LogP contribution in [-0.2, 0) is 11.8 Å². The van der Waals surface area contributed by atoms with E-state index in [-0.39, 0.29) is 17.4 Å². The molecule has 1 atom stereocenters. The lowest BCUT2D eigenvalue weighted by atomic mass is 9.78. The molecule has 30 heavy (non-hydrogen) atoms. The smallest absolute Gasteiger partial charge is 0.274 e. The number of nitrogens with one attached hydrogen (secondary N) is 1. The summed E-state index contributed by atoms with van der Waals surface area (Å²) >= 11 is 0. The van der Waals surface area contributed by atoms with Crippen molar-refractivity contribution < 1.29 is 14.3 Å². The predicted molar refractivity (Wildman–Crippen MR) is 111 cm³/mol. The minimum atomic E-state index is -0.140. The molecule has 4 heterocycles. The number of hydrogen-bond acceptors (Lipinski definition) is 5. The number of aryl methyl sites for hydroxylation is 1. The summed E-state index contributed by atoms with van der Waals surface area (Å²) in [7, 11) is 1.87. The van der Waals surface area contributed by atoms with Crippen molar-refractivity contribution in [2.45, 2.75) is 37.7 Å². The maximum absolute atomic E-state index is 12.6. The van der Waals surface area contributed by atoms with Crippen molar-refractivity contribution in [3.63, 3.8) is 0 Å². The first-order valence-corrected chi connectivity index (χ1v) is 10.6. The summed E-state index contributed by atoms with van der Waals surface area (Å²) in [6.07, 6.45) is 11.3. The van der Waals surface area contributed by atoms with E-state index in [2.05, 4.69) is 15.3 Å². The van der Waals surface area contributed by atoms with Gasteiger partial charge < -0.3 is 19.5 Å². The molecular weight excluding hydrogens is 382 g/mol. The molecule has 2 aliphatic heterocycles. The summed E-state index contributed by atoms with van der Waals surface area (Å²) in [5, 5.41) is 3.01. The fourth-order valence-corrected chi connectivity index (χ4v) is 4.52. The Morgan fingerprint density at radius 1 is 1.27 bits per heavy atom. The minimum absolute atomic E-state index is 0.00312. The molecular formula is C22H29N5O3. The number of ether oxygens (including phenoxy) is 1. The molecule has 8 heteroatoms. The third kappa shape index (κ3) is 4.70. The van der Waals surface area contributed by atoms with E-state index in [1.807, 2.05) is 11.9 Å². The number of aromatic nitrogens is 3. The summed E-state index contributed by atoms with van der Waals surface area (Å²) in [4.78, 5) is 34.8. The number of rotatable bonds is 5. The monoisotopic (exact) mass is 411 g/mol. The van der Waals surface area contributed by atoms with Crippen LogP contribution in [0.2, 0.25) is 0 Å². The molecule has 2 aliphatic rings. The van der Waals surface area contributed by atoms with Crippen LogP contribution in [0.5, 0.6) is 0 Å². The van der Waals surface area contributed by atoms with Gasteiger partial charge in [0.2, 0.25) is 0 Å². The number of hydrogen-bond donors (Lipinski definition) is 1. The van der Waals surface area contributed by atoms with Crippen LogP contribution in [0.1, 0.15) is 53.0 Å². The molecule has 4 rings (SSSR count). The lowest BCUT2D eigenvalue weighted by Crippen LogP contribution is -2.51. The summed E-state index contributed by atoms with van der Waals surface area (Å²) in [5.74, 6) is 0.465. The van der Waals surface area contributed by atoms with Gasteiger partial charge in [-0.15, -0.1) is 0 Å². The van der Waals surface area contributed by atoms with Crippen molar-refractivity contribution in [1.29, 1.82) is 0 Å². The molecule has 2 amide bonds. The number of likely N-dealkylation sites (tertiary alicyclic amines) is 1. The highest BCUT2D eigenvalue weighted by Crippen LogP contribution is 2.38. The molecule has 1 N–H and O–H groups in total. The van der Waals surface area contributed by atoms with E-state index in [1.165, 1.54) is 0 Å². The van der Waals surface area contributed by atoms with Crippen molar-refractivity contribution in [3.8, 4) is 0 Å². The third-order valence-electron chi connectivity index (χ3n) is 6.26. The molecule has 0 aliphatic carbocycles. The van der Waals surface area contributed by atoms with E-state index in [9.17, 15) is 9.59 Å². The third-order valence-corrected chi connectivity index (χ3v) is 6.26. The van der Waals surface area contributed by atoms with Gasteiger partial charge in [-0.25, -0.2) is 4.98 Å². The van der Waals surface area contributed by atoms with E-state index < -0.39 is 0 Å². The van der Waals surface area contributed by atoms with Gasteiger partial charge in [-0.2, -0.15) is 0 Å². The molecule has 2 aromatic rings. The van der Waals surface area contributed by atoms with Crippen LogP contribution in [0.3, 0.4) is 0 Å². The number of amides is 2. The second-order valence-electron chi connectivity index (χ2n) is 8.39. The molecule has 0 radical (unpaired) electrons. The highest BCUT2D eigenvalue weighted by Gasteiger charge is 2.41. The second-order valence-corrected chi connectivity index (χ2v) is 8.39. The van der Waals surface area contributed by atoms with Crippen molar-refractivity contribution in [3.05, 3.63) is 48.3 Å². The van der Waals surface area contributed by atoms with Gasteiger partial charge in [0.05, 0.1) is 11.9 Å². The van der Waals surface area contributed by atoms with Gasteiger partial charge in [0.15, 0.2) is 0 Å². The fraction of sp³-hybridized carbons (Fsp3) is 0.545. The maximum Gasteiger partial charge on any atom is 0.274 e. The molecule has 2 fully saturated rings. The van der Waals surface area contributed by atoms with Gasteiger partial charge in [-0.3, -0.25) is 14.6 Å². The van der Waals surface area contributed by atoms with Crippen LogP contribution < -0.4 is 5.32 Å². The van der Waals surface area contributed by atoms with Crippen LogP contribution in [0, 0.1) is 5.92 Å². The molecule has 2 saturated heterocycles. The Bertz CT molecular complexity index is 874. The number of pyridine rings is 1. The summed E-state index contributed by atoms with van der Waals surface area (Å²) < 4.78 is 8.01. The molecule has 1 spiro atoms. The predicted octanol–water partition coefficient (Wildman–Crippen LogP) is 2.04. The highest BCUT2D eigenvalue weighted by molar-refractivity contribution is 5.94. The maximum atomic E-state index is 12.6. The molecule has 0 bridgehead atoms. The first-order chi connectivity index (χ1) is 14.5.